The molecule has 0 aromatic carbocycles. The molecule has 0 radical (unpaired) electrons. The Hall–Kier alpha value is -1.26. The predicted molar refractivity (Wildman–Crippen MR) is 72.0 cm³/mol. The third-order valence-electron chi connectivity index (χ3n) is 4.48. The van der Waals surface area contributed by atoms with Gasteiger partial charge in [-0.2, -0.15) is 0 Å². The minimum Gasteiger partial charge on any atom is -0.481 e. The number of amides is 2. The normalized spacial score (nSPS) is 23.3. The summed E-state index contributed by atoms with van der Waals surface area (Å²) >= 11 is 0. The van der Waals surface area contributed by atoms with E-state index in [-0.39, 0.29) is 23.9 Å². The van der Waals surface area contributed by atoms with Crippen molar-refractivity contribution in [3.63, 3.8) is 0 Å². The highest BCUT2D eigenvalue weighted by Gasteiger charge is 2.32. The van der Waals surface area contributed by atoms with E-state index in [9.17, 15) is 9.59 Å². The number of nitrogens with one attached hydrogen (secondary N) is 1. The molecule has 1 heterocycles. The van der Waals surface area contributed by atoms with Crippen LogP contribution in [0.3, 0.4) is 0 Å². The number of hydrogen-bond donors (Lipinski definition) is 2. The van der Waals surface area contributed by atoms with Crippen LogP contribution < -0.4 is 5.32 Å². The number of carbonyl (C=O) groups excluding carboxylic acids is 1. The molecule has 0 atom stereocenters. The van der Waals surface area contributed by atoms with Crippen molar-refractivity contribution >= 4 is 12.0 Å². The molecular formula is C14H24N2O3. The average Bonchev–Trinajstić information content (AvgIpc) is 2.75. The number of urea groups is 1. The summed E-state index contributed by atoms with van der Waals surface area (Å²) in [5.74, 6) is -0.509. The summed E-state index contributed by atoms with van der Waals surface area (Å²) in [6, 6.07) is 0.0261. The summed E-state index contributed by atoms with van der Waals surface area (Å²) in [6.07, 6.45) is 6.34. The predicted octanol–water partition coefficient (Wildman–Crippen LogP) is 2.22. The number of nitrogens with zero attached hydrogens (tertiary/aromatic N) is 1. The van der Waals surface area contributed by atoms with E-state index in [0.29, 0.717) is 13.1 Å². The number of carbonyl (C=O) groups is 2. The second kappa shape index (κ2) is 5.80. The minimum atomic E-state index is -0.735. The number of piperidine rings is 1. The van der Waals surface area contributed by atoms with Gasteiger partial charge in [-0.1, -0.05) is 12.8 Å². The molecular weight excluding hydrogens is 244 g/mol. The lowest BCUT2D eigenvalue weighted by Crippen LogP contribution is -2.52. The van der Waals surface area contributed by atoms with Crippen molar-refractivity contribution in [1.29, 1.82) is 0 Å². The Bertz CT molecular complexity index is 343. The lowest BCUT2D eigenvalue weighted by molar-refractivity contribution is -0.138. The molecule has 108 valence electrons. The Labute approximate surface area is 114 Å². The van der Waals surface area contributed by atoms with Crippen LogP contribution in [0.2, 0.25) is 0 Å². The fourth-order valence-corrected chi connectivity index (χ4v) is 3.20. The summed E-state index contributed by atoms with van der Waals surface area (Å²) in [7, 11) is 0. The fraction of sp³-hybridized carbons (Fsp3) is 0.857. The van der Waals surface area contributed by atoms with E-state index in [4.69, 9.17) is 5.11 Å². The third-order valence-corrected chi connectivity index (χ3v) is 4.48. The maximum absolute atomic E-state index is 12.2. The first kappa shape index (κ1) is 14.2. The molecule has 0 aromatic heterocycles. The van der Waals surface area contributed by atoms with Gasteiger partial charge in [0.1, 0.15) is 0 Å². The van der Waals surface area contributed by atoms with Crippen molar-refractivity contribution in [1.82, 2.24) is 10.2 Å². The van der Waals surface area contributed by atoms with E-state index in [1.165, 1.54) is 12.8 Å². The zero-order valence-corrected chi connectivity index (χ0v) is 11.7. The van der Waals surface area contributed by atoms with Crippen LogP contribution in [0, 0.1) is 5.92 Å². The molecule has 0 unspecified atom stereocenters. The second-order valence-corrected chi connectivity index (χ2v) is 6.23. The zero-order chi connectivity index (χ0) is 13.9. The Morgan fingerprint density at radius 2 is 1.84 bits per heavy atom. The molecule has 1 aliphatic carbocycles. The molecule has 2 fully saturated rings. The van der Waals surface area contributed by atoms with Crippen molar-refractivity contribution in [2.24, 2.45) is 5.92 Å². The van der Waals surface area contributed by atoms with E-state index in [2.05, 4.69) is 12.2 Å². The van der Waals surface area contributed by atoms with Crippen molar-refractivity contribution in [3.8, 4) is 0 Å². The van der Waals surface area contributed by atoms with E-state index in [1.54, 1.807) is 0 Å². The molecule has 2 N–H and O–H groups in total. The molecule has 19 heavy (non-hydrogen) atoms. The maximum atomic E-state index is 12.2. The molecule has 1 saturated heterocycles. The Morgan fingerprint density at radius 3 is 2.37 bits per heavy atom. The molecule has 2 aliphatic rings. The van der Waals surface area contributed by atoms with Gasteiger partial charge in [-0.05, 0) is 38.5 Å². The second-order valence-electron chi connectivity index (χ2n) is 6.23. The van der Waals surface area contributed by atoms with Gasteiger partial charge in [-0.3, -0.25) is 4.79 Å². The first-order valence-electron chi connectivity index (χ1n) is 7.27. The van der Waals surface area contributed by atoms with Crippen LogP contribution in [0.4, 0.5) is 4.79 Å². The quantitative estimate of drug-likeness (QED) is 0.824. The average molecular weight is 268 g/mol. The largest absolute Gasteiger partial charge is 0.481 e. The lowest BCUT2D eigenvalue weighted by atomic mass is 9.93. The van der Waals surface area contributed by atoms with E-state index >= 15 is 0 Å². The first-order valence-corrected chi connectivity index (χ1v) is 7.27. The van der Waals surface area contributed by atoms with Gasteiger partial charge in [-0.15, -0.1) is 0 Å². The fourth-order valence-electron chi connectivity index (χ4n) is 3.20. The highest BCUT2D eigenvalue weighted by atomic mass is 16.4. The van der Waals surface area contributed by atoms with Gasteiger partial charge >= 0.3 is 12.0 Å². The number of hydrogen-bond acceptors (Lipinski definition) is 2. The van der Waals surface area contributed by atoms with Crippen molar-refractivity contribution in [3.05, 3.63) is 0 Å². The topological polar surface area (TPSA) is 69.6 Å². The van der Waals surface area contributed by atoms with Crippen LogP contribution in [0.1, 0.15) is 51.9 Å². The number of likely N-dealkylation sites (tertiary alicyclic amines) is 1. The number of carboxylic acid groups (broad SMARTS) is 1. The van der Waals surface area contributed by atoms with Crippen LogP contribution in [-0.2, 0) is 4.79 Å². The Morgan fingerprint density at radius 1 is 1.26 bits per heavy atom. The van der Waals surface area contributed by atoms with Gasteiger partial charge in [0.2, 0.25) is 0 Å². The van der Waals surface area contributed by atoms with E-state index in [0.717, 1.165) is 25.7 Å². The van der Waals surface area contributed by atoms with Crippen molar-refractivity contribution < 1.29 is 14.7 Å². The molecule has 1 saturated carbocycles. The molecule has 0 spiro atoms. The number of carboxylic acids is 1. The van der Waals surface area contributed by atoms with Gasteiger partial charge in [0, 0.05) is 25.0 Å². The Balaban J connectivity index is 1.77. The van der Waals surface area contributed by atoms with Gasteiger partial charge in [-0.25, -0.2) is 4.79 Å². The molecule has 5 heteroatoms. The molecule has 0 bridgehead atoms. The number of aliphatic carboxylic acids is 1. The van der Waals surface area contributed by atoms with Gasteiger partial charge in [0.25, 0.3) is 0 Å². The van der Waals surface area contributed by atoms with Crippen molar-refractivity contribution in [2.45, 2.75) is 57.4 Å². The summed E-state index contributed by atoms with van der Waals surface area (Å²) in [5.41, 5.74) is -0.0327. The van der Waals surface area contributed by atoms with Crippen LogP contribution in [-0.4, -0.2) is 40.6 Å². The maximum Gasteiger partial charge on any atom is 0.317 e. The standard InChI is InChI=1S/C14H24N2O3/c1-14(6-2-3-7-14)15-13(19)16-8-4-11(5-9-16)10-12(17)18/h11H,2-10H2,1H3,(H,15,19)(H,17,18). The van der Waals surface area contributed by atoms with Gasteiger partial charge in [0.05, 0.1) is 0 Å². The molecule has 0 aromatic rings. The van der Waals surface area contributed by atoms with Gasteiger partial charge in [0.15, 0.2) is 0 Å². The molecule has 1 aliphatic heterocycles. The molecule has 5 nitrogen and oxygen atoms in total. The van der Waals surface area contributed by atoms with E-state index in [1.807, 2.05) is 4.90 Å². The zero-order valence-electron chi connectivity index (χ0n) is 11.7. The van der Waals surface area contributed by atoms with Crippen molar-refractivity contribution in [2.75, 3.05) is 13.1 Å². The molecule has 2 amide bonds. The summed E-state index contributed by atoms with van der Waals surface area (Å²) in [5, 5.41) is 11.9. The monoisotopic (exact) mass is 268 g/mol. The van der Waals surface area contributed by atoms with Crippen LogP contribution >= 0.6 is 0 Å². The molecule has 2 rings (SSSR count). The smallest absolute Gasteiger partial charge is 0.317 e. The summed E-state index contributed by atoms with van der Waals surface area (Å²) in [6.45, 7) is 3.48. The van der Waals surface area contributed by atoms with E-state index < -0.39 is 5.97 Å². The van der Waals surface area contributed by atoms with Crippen LogP contribution in [0.25, 0.3) is 0 Å². The SMILES string of the molecule is CC1(NC(=O)N2CCC(CC(=O)O)CC2)CCCC1. The van der Waals surface area contributed by atoms with Crippen LogP contribution in [0.5, 0.6) is 0 Å². The highest BCUT2D eigenvalue weighted by Crippen LogP contribution is 2.29. The Kier molecular flexibility index (Phi) is 4.32. The summed E-state index contributed by atoms with van der Waals surface area (Å²) in [4.78, 5) is 24.7. The lowest BCUT2D eigenvalue weighted by Gasteiger charge is -2.35. The highest BCUT2D eigenvalue weighted by molar-refractivity contribution is 5.75. The third kappa shape index (κ3) is 3.85. The van der Waals surface area contributed by atoms with Gasteiger partial charge < -0.3 is 15.3 Å². The first-order chi connectivity index (χ1) is 8.98. The minimum absolute atomic E-state index is 0.0261. The van der Waals surface area contributed by atoms with Crippen LogP contribution in [0.15, 0.2) is 0 Å². The summed E-state index contributed by atoms with van der Waals surface area (Å²) < 4.78 is 0. The number of rotatable bonds is 3.